The van der Waals surface area contributed by atoms with Crippen molar-refractivity contribution in [1.82, 2.24) is 10.2 Å². The number of aliphatic hydroxyl groups is 1. The van der Waals surface area contributed by atoms with E-state index in [2.05, 4.69) is 31.3 Å². The summed E-state index contributed by atoms with van der Waals surface area (Å²) < 4.78 is 0. The first kappa shape index (κ1) is 18.0. The zero-order valence-electron chi connectivity index (χ0n) is 14.5. The first-order chi connectivity index (χ1) is 11.0. The molecule has 4 nitrogen and oxygen atoms in total. The van der Waals surface area contributed by atoms with Gasteiger partial charge in [0.1, 0.15) is 0 Å². The Morgan fingerprint density at radius 3 is 2.57 bits per heavy atom. The molecule has 1 amide bonds. The lowest BCUT2D eigenvalue weighted by atomic mass is 9.89. The minimum absolute atomic E-state index is 0.146. The Balaban J connectivity index is 1.96. The zero-order valence-corrected chi connectivity index (χ0v) is 14.5. The molecule has 1 fully saturated rings. The number of rotatable bonds is 6. The van der Waals surface area contributed by atoms with Crippen molar-refractivity contribution in [3.63, 3.8) is 0 Å². The molecule has 0 aromatic heterocycles. The van der Waals surface area contributed by atoms with Gasteiger partial charge in [-0.15, -0.1) is 0 Å². The summed E-state index contributed by atoms with van der Waals surface area (Å²) in [6.07, 6.45) is 1.11. The molecule has 1 saturated heterocycles. The maximum Gasteiger partial charge on any atom is 0.222 e. The molecule has 1 aliphatic rings. The topological polar surface area (TPSA) is 52.6 Å². The second-order valence-corrected chi connectivity index (χ2v) is 7.20. The van der Waals surface area contributed by atoms with Crippen LogP contribution in [0.15, 0.2) is 30.3 Å². The summed E-state index contributed by atoms with van der Waals surface area (Å²) in [5, 5.41) is 13.6. The SMILES string of the molecule is CC(C)CC(=O)N1CC(NCc2ccccc2)CC(C(C)O)C1. The molecular formula is C19H30N2O2. The van der Waals surface area contributed by atoms with Crippen molar-refractivity contribution in [1.29, 1.82) is 0 Å². The average Bonchev–Trinajstić information content (AvgIpc) is 2.53. The molecule has 3 atom stereocenters. The fourth-order valence-electron chi connectivity index (χ4n) is 3.18. The molecular weight excluding hydrogens is 288 g/mol. The number of benzene rings is 1. The highest BCUT2D eigenvalue weighted by atomic mass is 16.3. The largest absolute Gasteiger partial charge is 0.393 e. The van der Waals surface area contributed by atoms with Gasteiger partial charge in [-0.2, -0.15) is 0 Å². The van der Waals surface area contributed by atoms with Crippen LogP contribution in [0.2, 0.25) is 0 Å². The lowest BCUT2D eigenvalue weighted by Crippen LogP contribution is -2.53. The Hall–Kier alpha value is -1.39. The fraction of sp³-hybridized carbons (Fsp3) is 0.632. The third-order valence-corrected chi connectivity index (χ3v) is 4.54. The van der Waals surface area contributed by atoms with E-state index in [1.165, 1.54) is 5.56 Å². The number of aliphatic hydroxyl groups excluding tert-OH is 1. The van der Waals surface area contributed by atoms with Crippen LogP contribution in [-0.2, 0) is 11.3 Å². The Labute approximate surface area is 139 Å². The van der Waals surface area contributed by atoms with Crippen LogP contribution in [0.3, 0.4) is 0 Å². The van der Waals surface area contributed by atoms with Crippen LogP contribution in [0.5, 0.6) is 0 Å². The molecule has 0 bridgehead atoms. The van der Waals surface area contributed by atoms with Crippen LogP contribution in [0, 0.1) is 11.8 Å². The minimum atomic E-state index is -0.384. The smallest absolute Gasteiger partial charge is 0.222 e. The van der Waals surface area contributed by atoms with E-state index in [0.717, 1.165) is 19.5 Å². The van der Waals surface area contributed by atoms with Gasteiger partial charge in [0.05, 0.1) is 6.10 Å². The van der Waals surface area contributed by atoms with Crippen LogP contribution < -0.4 is 5.32 Å². The number of carbonyl (C=O) groups is 1. The summed E-state index contributed by atoms with van der Waals surface area (Å²) in [5.41, 5.74) is 1.24. The number of amides is 1. The number of carbonyl (C=O) groups excluding carboxylic acids is 1. The van der Waals surface area contributed by atoms with Crippen molar-refractivity contribution in [2.75, 3.05) is 13.1 Å². The molecule has 23 heavy (non-hydrogen) atoms. The Morgan fingerprint density at radius 1 is 1.26 bits per heavy atom. The molecule has 0 radical (unpaired) electrons. The predicted octanol–water partition coefficient (Wildman–Crippen LogP) is 2.42. The maximum absolute atomic E-state index is 12.4. The van der Waals surface area contributed by atoms with Gasteiger partial charge < -0.3 is 15.3 Å². The quantitative estimate of drug-likeness (QED) is 0.847. The number of nitrogens with zero attached hydrogens (tertiary/aromatic N) is 1. The van der Waals surface area contributed by atoms with Gasteiger partial charge in [-0.3, -0.25) is 4.79 Å². The standard InChI is InChI=1S/C19H30N2O2/c1-14(2)9-19(23)21-12-17(15(3)22)10-18(13-21)20-11-16-7-5-4-6-8-16/h4-8,14-15,17-18,20,22H,9-13H2,1-3H3. The summed E-state index contributed by atoms with van der Waals surface area (Å²) in [6, 6.07) is 10.5. The first-order valence-corrected chi connectivity index (χ1v) is 8.69. The Kier molecular flexibility index (Phi) is 6.60. The average molecular weight is 318 g/mol. The monoisotopic (exact) mass is 318 g/mol. The highest BCUT2D eigenvalue weighted by Gasteiger charge is 2.32. The summed E-state index contributed by atoms with van der Waals surface area (Å²) in [6.45, 7) is 8.17. The molecule has 4 heteroatoms. The van der Waals surface area contributed by atoms with E-state index in [1.807, 2.05) is 30.0 Å². The van der Waals surface area contributed by atoms with Gasteiger partial charge in [0.15, 0.2) is 0 Å². The summed E-state index contributed by atoms with van der Waals surface area (Å²) >= 11 is 0. The van der Waals surface area contributed by atoms with Gasteiger partial charge in [-0.1, -0.05) is 44.2 Å². The van der Waals surface area contributed by atoms with Crippen molar-refractivity contribution >= 4 is 5.91 Å². The summed E-state index contributed by atoms with van der Waals surface area (Å²) in [4.78, 5) is 14.3. The molecule has 1 heterocycles. The van der Waals surface area contributed by atoms with Crippen LogP contribution >= 0.6 is 0 Å². The second kappa shape index (κ2) is 8.46. The van der Waals surface area contributed by atoms with E-state index in [9.17, 15) is 9.90 Å². The van der Waals surface area contributed by atoms with E-state index in [1.54, 1.807) is 0 Å². The van der Waals surface area contributed by atoms with E-state index >= 15 is 0 Å². The maximum atomic E-state index is 12.4. The van der Waals surface area contributed by atoms with Crippen molar-refractivity contribution in [2.45, 2.75) is 52.3 Å². The first-order valence-electron chi connectivity index (χ1n) is 8.69. The molecule has 128 valence electrons. The third-order valence-electron chi connectivity index (χ3n) is 4.54. The highest BCUT2D eigenvalue weighted by Crippen LogP contribution is 2.22. The van der Waals surface area contributed by atoms with Gasteiger partial charge in [0.2, 0.25) is 5.91 Å². The number of likely N-dealkylation sites (tertiary alicyclic amines) is 1. The Morgan fingerprint density at radius 2 is 1.96 bits per heavy atom. The van der Waals surface area contributed by atoms with Crippen molar-refractivity contribution in [2.24, 2.45) is 11.8 Å². The third kappa shape index (κ3) is 5.63. The van der Waals surface area contributed by atoms with Gasteiger partial charge in [-0.25, -0.2) is 0 Å². The zero-order chi connectivity index (χ0) is 16.8. The predicted molar refractivity (Wildman–Crippen MR) is 92.9 cm³/mol. The molecule has 0 saturated carbocycles. The minimum Gasteiger partial charge on any atom is -0.393 e. The lowest BCUT2D eigenvalue weighted by Gasteiger charge is -2.39. The lowest BCUT2D eigenvalue weighted by molar-refractivity contribution is -0.135. The molecule has 1 aromatic rings. The van der Waals surface area contributed by atoms with Gasteiger partial charge in [0, 0.05) is 38.0 Å². The van der Waals surface area contributed by atoms with Gasteiger partial charge in [-0.05, 0) is 24.8 Å². The van der Waals surface area contributed by atoms with Crippen LogP contribution in [0.4, 0.5) is 0 Å². The second-order valence-electron chi connectivity index (χ2n) is 7.20. The van der Waals surface area contributed by atoms with Crippen molar-refractivity contribution < 1.29 is 9.90 Å². The molecule has 1 aliphatic heterocycles. The number of nitrogens with one attached hydrogen (secondary N) is 1. The summed E-state index contributed by atoms with van der Waals surface area (Å²) in [5.74, 6) is 0.718. The molecule has 3 unspecified atom stereocenters. The highest BCUT2D eigenvalue weighted by molar-refractivity contribution is 5.76. The molecule has 1 aromatic carbocycles. The Bertz CT molecular complexity index is 487. The van der Waals surface area contributed by atoms with E-state index in [4.69, 9.17) is 0 Å². The number of piperidine rings is 1. The van der Waals surface area contributed by atoms with E-state index < -0.39 is 0 Å². The fourth-order valence-corrected chi connectivity index (χ4v) is 3.18. The number of hydrogen-bond acceptors (Lipinski definition) is 3. The molecule has 0 spiro atoms. The van der Waals surface area contributed by atoms with Gasteiger partial charge in [0.25, 0.3) is 0 Å². The molecule has 0 aliphatic carbocycles. The van der Waals surface area contributed by atoms with E-state index in [0.29, 0.717) is 18.9 Å². The van der Waals surface area contributed by atoms with Gasteiger partial charge >= 0.3 is 0 Å². The van der Waals surface area contributed by atoms with Crippen LogP contribution in [0.1, 0.15) is 39.2 Å². The summed E-state index contributed by atoms with van der Waals surface area (Å²) in [7, 11) is 0. The normalized spacial score (nSPS) is 23.1. The molecule has 2 rings (SSSR count). The van der Waals surface area contributed by atoms with Crippen LogP contribution in [0.25, 0.3) is 0 Å². The van der Waals surface area contributed by atoms with Crippen LogP contribution in [-0.4, -0.2) is 41.1 Å². The molecule has 2 N–H and O–H groups in total. The van der Waals surface area contributed by atoms with E-state index in [-0.39, 0.29) is 24.0 Å². The van der Waals surface area contributed by atoms with Crippen molar-refractivity contribution in [3.05, 3.63) is 35.9 Å². The van der Waals surface area contributed by atoms with Crippen molar-refractivity contribution in [3.8, 4) is 0 Å². The number of hydrogen-bond donors (Lipinski definition) is 2.